The summed E-state index contributed by atoms with van der Waals surface area (Å²) in [6, 6.07) is 12.8. The summed E-state index contributed by atoms with van der Waals surface area (Å²) in [6.07, 6.45) is 1.35. The predicted molar refractivity (Wildman–Crippen MR) is 139 cm³/mol. The molecular weight excluding hydrogens is 490 g/mol. The van der Waals surface area contributed by atoms with Gasteiger partial charge in [-0.15, -0.1) is 0 Å². The number of amides is 2. The van der Waals surface area contributed by atoms with Crippen LogP contribution < -0.4 is 14.4 Å². The van der Waals surface area contributed by atoms with Crippen LogP contribution in [0.25, 0.3) is 0 Å². The smallest absolute Gasteiger partial charge is 0.244 e. The van der Waals surface area contributed by atoms with Crippen LogP contribution in [0.4, 0.5) is 5.69 Å². The molecule has 0 heterocycles. The van der Waals surface area contributed by atoms with Gasteiger partial charge in [-0.1, -0.05) is 42.8 Å². The molecule has 10 heteroatoms. The molecule has 2 rings (SSSR count). The first-order valence-electron chi connectivity index (χ1n) is 11.2. The summed E-state index contributed by atoms with van der Waals surface area (Å²) in [6.45, 7) is 6.96. The Balaban J connectivity index is 2.49. The summed E-state index contributed by atoms with van der Waals surface area (Å²) in [5, 5.41) is 3.12. The molecule has 0 saturated carbocycles. The Morgan fingerprint density at radius 3 is 2.31 bits per heavy atom. The van der Waals surface area contributed by atoms with Crippen LogP contribution in [0.15, 0.2) is 48.5 Å². The van der Waals surface area contributed by atoms with Gasteiger partial charge in [0.05, 0.1) is 24.1 Å². The molecule has 0 fully saturated rings. The Morgan fingerprint density at radius 1 is 1.11 bits per heavy atom. The fraction of sp³-hybridized carbons (Fsp3) is 0.440. The quantitative estimate of drug-likeness (QED) is 0.510. The Hall–Kier alpha value is -2.78. The van der Waals surface area contributed by atoms with E-state index in [1.807, 2.05) is 26.8 Å². The van der Waals surface area contributed by atoms with E-state index in [0.717, 1.165) is 16.1 Å². The van der Waals surface area contributed by atoms with E-state index in [1.165, 1.54) is 11.0 Å². The number of halogens is 1. The predicted octanol–water partition coefficient (Wildman–Crippen LogP) is 3.84. The van der Waals surface area contributed by atoms with Gasteiger partial charge in [-0.05, 0) is 57.0 Å². The highest BCUT2D eigenvalue weighted by Gasteiger charge is 2.33. The molecular formula is C25H34ClN3O5S. The van der Waals surface area contributed by atoms with E-state index < -0.39 is 34.1 Å². The third kappa shape index (κ3) is 8.14. The van der Waals surface area contributed by atoms with Crippen molar-refractivity contribution < 1.29 is 22.7 Å². The van der Waals surface area contributed by atoms with Gasteiger partial charge in [0.25, 0.3) is 0 Å². The Labute approximate surface area is 213 Å². The largest absolute Gasteiger partial charge is 0.497 e. The second-order valence-corrected chi connectivity index (χ2v) is 11.6. The van der Waals surface area contributed by atoms with E-state index in [9.17, 15) is 18.0 Å². The maximum Gasteiger partial charge on any atom is 0.244 e. The van der Waals surface area contributed by atoms with Gasteiger partial charge < -0.3 is 15.0 Å². The number of nitrogens with one attached hydrogen (secondary N) is 1. The third-order valence-electron chi connectivity index (χ3n) is 5.17. The Bertz CT molecular complexity index is 1150. The first-order chi connectivity index (χ1) is 16.3. The van der Waals surface area contributed by atoms with Crippen molar-refractivity contribution in [3.8, 4) is 5.75 Å². The van der Waals surface area contributed by atoms with E-state index in [1.54, 1.807) is 50.4 Å². The van der Waals surface area contributed by atoms with Gasteiger partial charge >= 0.3 is 0 Å². The first-order valence-corrected chi connectivity index (χ1v) is 13.5. The van der Waals surface area contributed by atoms with Crippen LogP contribution in [0.3, 0.4) is 0 Å². The molecule has 1 atom stereocenters. The number of hydrogen-bond acceptors (Lipinski definition) is 5. The number of rotatable bonds is 10. The number of methoxy groups -OCH3 is 1. The molecule has 8 nitrogen and oxygen atoms in total. The summed E-state index contributed by atoms with van der Waals surface area (Å²) in [4.78, 5) is 28.3. The van der Waals surface area contributed by atoms with Gasteiger partial charge in [-0.3, -0.25) is 13.9 Å². The van der Waals surface area contributed by atoms with Gasteiger partial charge in [0, 0.05) is 12.1 Å². The molecule has 192 valence electrons. The summed E-state index contributed by atoms with van der Waals surface area (Å²) in [7, 11) is -2.31. The van der Waals surface area contributed by atoms with Crippen LogP contribution in [0, 0.1) is 0 Å². The summed E-state index contributed by atoms with van der Waals surface area (Å²) >= 11 is 6.26. The molecule has 35 heavy (non-hydrogen) atoms. The molecule has 0 aliphatic carbocycles. The average Bonchev–Trinajstić information content (AvgIpc) is 2.76. The highest BCUT2D eigenvalue weighted by Crippen LogP contribution is 2.28. The molecule has 0 aromatic heterocycles. The molecule has 0 bridgehead atoms. The van der Waals surface area contributed by atoms with Crippen LogP contribution in [-0.2, 0) is 26.2 Å². The van der Waals surface area contributed by atoms with Crippen molar-refractivity contribution in [1.29, 1.82) is 0 Å². The van der Waals surface area contributed by atoms with Gasteiger partial charge in [-0.2, -0.15) is 0 Å². The lowest BCUT2D eigenvalue weighted by molar-refractivity contribution is -0.141. The summed E-state index contributed by atoms with van der Waals surface area (Å²) < 4.78 is 31.5. The normalized spacial score (nSPS) is 12.5. The van der Waals surface area contributed by atoms with Gasteiger partial charge in [0.2, 0.25) is 21.8 Å². The van der Waals surface area contributed by atoms with Crippen LogP contribution in [0.5, 0.6) is 5.75 Å². The van der Waals surface area contributed by atoms with Crippen molar-refractivity contribution >= 4 is 39.1 Å². The van der Waals surface area contributed by atoms with E-state index in [-0.39, 0.29) is 23.2 Å². The van der Waals surface area contributed by atoms with Crippen molar-refractivity contribution in [1.82, 2.24) is 10.2 Å². The van der Waals surface area contributed by atoms with Gasteiger partial charge in [0.15, 0.2) is 0 Å². The maximum atomic E-state index is 13.7. The van der Waals surface area contributed by atoms with Gasteiger partial charge in [-0.25, -0.2) is 8.42 Å². The number of benzene rings is 2. The van der Waals surface area contributed by atoms with E-state index >= 15 is 0 Å². The monoisotopic (exact) mass is 523 g/mol. The number of anilines is 1. The zero-order chi connectivity index (χ0) is 26.4. The molecule has 2 aromatic carbocycles. The van der Waals surface area contributed by atoms with Crippen LogP contribution in [0.2, 0.25) is 5.02 Å². The molecule has 0 saturated heterocycles. The fourth-order valence-corrected chi connectivity index (χ4v) is 4.74. The van der Waals surface area contributed by atoms with E-state index in [0.29, 0.717) is 12.2 Å². The van der Waals surface area contributed by atoms with Crippen LogP contribution in [-0.4, -0.2) is 56.6 Å². The molecule has 0 radical (unpaired) electrons. The molecule has 0 spiro atoms. The van der Waals surface area contributed by atoms with Gasteiger partial charge in [0.1, 0.15) is 18.3 Å². The maximum absolute atomic E-state index is 13.7. The van der Waals surface area contributed by atoms with E-state index in [4.69, 9.17) is 16.3 Å². The van der Waals surface area contributed by atoms with Crippen molar-refractivity contribution in [3.05, 3.63) is 59.1 Å². The minimum absolute atomic E-state index is 0.0895. The standard InChI is InChI=1S/C25H34ClN3O5S/c1-7-21(24(31)27-25(2,3)4)28(16-18-11-10-12-19(15-18)34-5)23(30)17-29(35(6,32)33)22-14-9-8-13-20(22)26/h8-15,21H,7,16-17H2,1-6H3,(H,27,31)/t21-/m1/s1. The van der Waals surface area contributed by atoms with Crippen LogP contribution >= 0.6 is 11.6 Å². The second kappa shape index (κ2) is 11.8. The average molecular weight is 524 g/mol. The third-order valence-corrected chi connectivity index (χ3v) is 6.62. The SMILES string of the molecule is CC[C@H](C(=O)NC(C)(C)C)N(Cc1cccc(OC)c1)C(=O)CN(c1ccccc1Cl)S(C)(=O)=O. The van der Waals surface area contributed by atoms with Crippen molar-refractivity contribution in [2.24, 2.45) is 0 Å². The lowest BCUT2D eigenvalue weighted by atomic mass is 10.1. The minimum Gasteiger partial charge on any atom is -0.497 e. The number of para-hydroxylation sites is 1. The van der Waals surface area contributed by atoms with Crippen molar-refractivity contribution in [3.63, 3.8) is 0 Å². The van der Waals surface area contributed by atoms with Crippen molar-refractivity contribution in [2.75, 3.05) is 24.2 Å². The number of carbonyl (C=O) groups excluding carboxylic acids is 2. The zero-order valence-corrected chi connectivity index (χ0v) is 22.6. The summed E-state index contributed by atoms with van der Waals surface area (Å²) in [5.41, 5.74) is 0.424. The van der Waals surface area contributed by atoms with Crippen molar-refractivity contribution in [2.45, 2.75) is 52.2 Å². The minimum atomic E-state index is -3.85. The molecule has 0 unspecified atom stereocenters. The number of hydrogen-bond donors (Lipinski definition) is 1. The zero-order valence-electron chi connectivity index (χ0n) is 21.0. The molecule has 2 amide bonds. The van der Waals surface area contributed by atoms with Crippen LogP contribution in [0.1, 0.15) is 39.7 Å². The fourth-order valence-electron chi connectivity index (χ4n) is 3.59. The highest BCUT2D eigenvalue weighted by atomic mass is 35.5. The Kier molecular flexibility index (Phi) is 9.57. The lowest BCUT2D eigenvalue weighted by Crippen LogP contribution is -2.55. The highest BCUT2D eigenvalue weighted by molar-refractivity contribution is 7.92. The number of nitrogens with zero attached hydrogens (tertiary/aromatic N) is 2. The molecule has 1 N–H and O–H groups in total. The lowest BCUT2D eigenvalue weighted by Gasteiger charge is -2.34. The molecule has 2 aromatic rings. The number of ether oxygens (including phenoxy) is 1. The second-order valence-electron chi connectivity index (χ2n) is 9.26. The van der Waals surface area contributed by atoms with E-state index in [2.05, 4.69) is 5.32 Å². The Morgan fingerprint density at radius 2 is 1.77 bits per heavy atom. The molecule has 0 aliphatic rings. The molecule has 0 aliphatic heterocycles. The first kappa shape index (κ1) is 28.5. The topological polar surface area (TPSA) is 96.0 Å². The number of carbonyl (C=O) groups is 2. The number of sulfonamides is 1. The summed E-state index contributed by atoms with van der Waals surface area (Å²) in [5.74, 6) is -0.245.